The second-order valence-corrected chi connectivity index (χ2v) is 6.52. The summed E-state index contributed by atoms with van der Waals surface area (Å²) in [6, 6.07) is 12.3. The van der Waals surface area contributed by atoms with E-state index in [2.05, 4.69) is 15.0 Å². The Labute approximate surface area is 162 Å². The van der Waals surface area contributed by atoms with E-state index in [1.807, 2.05) is 24.3 Å². The van der Waals surface area contributed by atoms with Crippen molar-refractivity contribution in [3.8, 4) is 0 Å². The summed E-state index contributed by atoms with van der Waals surface area (Å²) in [7, 11) is 0. The molecular formula is C21H19FN4O2. The number of morpholine rings is 1. The summed E-state index contributed by atoms with van der Waals surface area (Å²) >= 11 is 0. The van der Waals surface area contributed by atoms with E-state index >= 15 is 0 Å². The molecular weight excluding hydrogens is 359 g/mol. The van der Waals surface area contributed by atoms with Gasteiger partial charge in [0.15, 0.2) is 0 Å². The third kappa shape index (κ3) is 4.04. The first-order chi connectivity index (χ1) is 13.7. The largest absolute Gasteiger partial charge is 0.368 e. The number of hydrogen-bond acceptors (Lipinski definition) is 5. The molecule has 0 aliphatic carbocycles. The summed E-state index contributed by atoms with van der Waals surface area (Å²) in [5.41, 5.74) is 2.38. The van der Waals surface area contributed by atoms with Gasteiger partial charge in [-0.05, 0) is 23.8 Å². The van der Waals surface area contributed by atoms with Crippen LogP contribution in [0.1, 0.15) is 33.5 Å². The van der Waals surface area contributed by atoms with Crippen LogP contribution in [0.3, 0.4) is 0 Å². The number of carbonyl (C=O) groups excluding carboxylic acids is 1. The smallest absolute Gasteiger partial charge is 0.274 e. The zero-order chi connectivity index (χ0) is 19.3. The first-order valence-corrected chi connectivity index (χ1v) is 9.07. The Bertz CT molecular complexity index is 967. The molecule has 7 heteroatoms. The lowest BCUT2D eigenvalue weighted by Crippen LogP contribution is -2.42. The summed E-state index contributed by atoms with van der Waals surface area (Å²) in [6.07, 6.45) is 4.55. The van der Waals surface area contributed by atoms with E-state index in [1.54, 1.807) is 17.0 Å². The molecule has 1 fully saturated rings. The standard InChI is InChI=1S/C21H19FN4O2/c22-17-6-2-1-4-15(17)12-16-5-3-7-18(25-16)20-14-26(10-11-28-20)21(27)19-13-23-8-9-24-19/h1-9,13,20H,10-12,14H2. The van der Waals surface area contributed by atoms with E-state index in [-0.39, 0.29) is 17.8 Å². The van der Waals surface area contributed by atoms with E-state index in [1.165, 1.54) is 24.7 Å². The van der Waals surface area contributed by atoms with Gasteiger partial charge in [0, 0.05) is 31.1 Å². The van der Waals surface area contributed by atoms with Gasteiger partial charge < -0.3 is 9.64 Å². The van der Waals surface area contributed by atoms with Crippen LogP contribution in [0.2, 0.25) is 0 Å². The highest BCUT2D eigenvalue weighted by Gasteiger charge is 2.27. The van der Waals surface area contributed by atoms with Crippen molar-refractivity contribution in [2.75, 3.05) is 19.7 Å². The lowest BCUT2D eigenvalue weighted by atomic mass is 10.1. The van der Waals surface area contributed by atoms with Crippen molar-refractivity contribution >= 4 is 5.91 Å². The number of benzene rings is 1. The third-order valence-corrected chi connectivity index (χ3v) is 4.62. The van der Waals surface area contributed by atoms with Gasteiger partial charge in [0.05, 0.1) is 25.0 Å². The summed E-state index contributed by atoms with van der Waals surface area (Å²) in [6.45, 7) is 1.28. The van der Waals surface area contributed by atoms with Crippen LogP contribution in [0.25, 0.3) is 0 Å². The van der Waals surface area contributed by atoms with Crippen molar-refractivity contribution in [3.05, 3.63) is 89.5 Å². The molecule has 3 aromatic rings. The molecule has 4 rings (SSSR count). The number of halogens is 1. The van der Waals surface area contributed by atoms with Gasteiger partial charge in [-0.2, -0.15) is 0 Å². The second-order valence-electron chi connectivity index (χ2n) is 6.52. The minimum atomic E-state index is -0.338. The highest BCUT2D eigenvalue weighted by atomic mass is 19.1. The zero-order valence-electron chi connectivity index (χ0n) is 15.2. The van der Waals surface area contributed by atoms with Gasteiger partial charge in [-0.1, -0.05) is 24.3 Å². The molecule has 1 aliphatic rings. The van der Waals surface area contributed by atoms with Gasteiger partial charge in [-0.25, -0.2) is 9.37 Å². The summed E-state index contributed by atoms with van der Waals surface area (Å²) in [5.74, 6) is -0.423. The molecule has 3 heterocycles. The number of amides is 1. The van der Waals surface area contributed by atoms with Gasteiger partial charge >= 0.3 is 0 Å². The van der Waals surface area contributed by atoms with Gasteiger partial charge in [-0.3, -0.25) is 14.8 Å². The molecule has 1 atom stereocenters. The first kappa shape index (κ1) is 18.2. The zero-order valence-corrected chi connectivity index (χ0v) is 15.2. The SMILES string of the molecule is O=C(c1cnccn1)N1CCOC(c2cccc(Cc3ccccc3F)n2)C1. The van der Waals surface area contributed by atoms with Gasteiger partial charge in [-0.15, -0.1) is 0 Å². The molecule has 0 N–H and O–H groups in total. The van der Waals surface area contributed by atoms with E-state index in [4.69, 9.17) is 4.74 Å². The van der Waals surface area contributed by atoms with Crippen molar-refractivity contribution in [3.63, 3.8) is 0 Å². The molecule has 0 bridgehead atoms. The van der Waals surface area contributed by atoms with E-state index in [0.29, 0.717) is 37.4 Å². The number of nitrogens with zero attached hydrogens (tertiary/aromatic N) is 4. The molecule has 0 spiro atoms. The summed E-state index contributed by atoms with van der Waals surface area (Å²) in [4.78, 5) is 27.0. The summed E-state index contributed by atoms with van der Waals surface area (Å²) in [5, 5.41) is 0. The fourth-order valence-corrected chi connectivity index (χ4v) is 3.20. The van der Waals surface area contributed by atoms with Gasteiger partial charge in [0.1, 0.15) is 17.6 Å². The van der Waals surface area contributed by atoms with E-state index < -0.39 is 0 Å². The highest BCUT2D eigenvalue weighted by molar-refractivity contribution is 5.92. The van der Waals surface area contributed by atoms with Crippen LogP contribution in [-0.2, 0) is 11.2 Å². The Balaban J connectivity index is 1.49. The average molecular weight is 378 g/mol. The highest BCUT2D eigenvalue weighted by Crippen LogP contribution is 2.22. The predicted molar refractivity (Wildman–Crippen MR) is 100 cm³/mol. The molecule has 0 radical (unpaired) electrons. The fraction of sp³-hybridized carbons (Fsp3) is 0.238. The van der Waals surface area contributed by atoms with Crippen LogP contribution < -0.4 is 0 Å². The van der Waals surface area contributed by atoms with E-state index in [0.717, 1.165) is 11.4 Å². The third-order valence-electron chi connectivity index (χ3n) is 4.62. The molecule has 1 aliphatic heterocycles. The molecule has 0 saturated carbocycles. The second kappa shape index (κ2) is 8.22. The molecule has 1 saturated heterocycles. The Morgan fingerprint density at radius 2 is 2.07 bits per heavy atom. The summed E-state index contributed by atoms with van der Waals surface area (Å²) < 4.78 is 19.8. The van der Waals surface area contributed by atoms with E-state index in [9.17, 15) is 9.18 Å². The van der Waals surface area contributed by atoms with Crippen LogP contribution in [-0.4, -0.2) is 45.5 Å². The molecule has 1 unspecified atom stereocenters. The molecule has 6 nitrogen and oxygen atoms in total. The van der Waals surface area contributed by atoms with Crippen molar-refractivity contribution in [2.24, 2.45) is 0 Å². The van der Waals surface area contributed by atoms with Crippen LogP contribution in [0, 0.1) is 5.82 Å². The maximum absolute atomic E-state index is 13.9. The van der Waals surface area contributed by atoms with Crippen LogP contribution in [0.4, 0.5) is 4.39 Å². The number of pyridine rings is 1. The lowest BCUT2D eigenvalue weighted by molar-refractivity contribution is -0.0250. The molecule has 1 aromatic carbocycles. The van der Waals surface area contributed by atoms with Crippen molar-refractivity contribution < 1.29 is 13.9 Å². The molecule has 2 aromatic heterocycles. The van der Waals surface area contributed by atoms with Crippen LogP contribution in [0.5, 0.6) is 0 Å². The average Bonchev–Trinajstić information content (AvgIpc) is 2.76. The van der Waals surface area contributed by atoms with Gasteiger partial charge in [0.25, 0.3) is 5.91 Å². The Kier molecular flexibility index (Phi) is 5.34. The van der Waals surface area contributed by atoms with Crippen molar-refractivity contribution in [1.82, 2.24) is 19.9 Å². The molecule has 28 heavy (non-hydrogen) atoms. The minimum Gasteiger partial charge on any atom is -0.368 e. The first-order valence-electron chi connectivity index (χ1n) is 9.07. The number of aromatic nitrogens is 3. The Morgan fingerprint density at radius 1 is 1.18 bits per heavy atom. The predicted octanol–water partition coefficient (Wildman–Crippen LogP) is 2.82. The number of hydrogen-bond donors (Lipinski definition) is 0. The maximum atomic E-state index is 13.9. The topological polar surface area (TPSA) is 68.2 Å². The number of rotatable bonds is 4. The Hall–Kier alpha value is -3.19. The normalized spacial score (nSPS) is 16.8. The maximum Gasteiger partial charge on any atom is 0.274 e. The van der Waals surface area contributed by atoms with Crippen LogP contribution >= 0.6 is 0 Å². The number of carbonyl (C=O) groups is 1. The van der Waals surface area contributed by atoms with Crippen LogP contribution in [0.15, 0.2) is 61.1 Å². The fourth-order valence-electron chi connectivity index (χ4n) is 3.20. The molecule has 1 amide bonds. The van der Waals surface area contributed by atoms with Crippen molar-refractivity contribution in [1.29, 1.82) is 0 Å². The monoisotopic (exact) mass is 378 g/mol. The quantitative estimate of drug-likeness (QED) is 0.698. The number of ether oxygens (including phenoxy) is 1. The molecule has 142 valence electrons. The lowest BCUT2D eigenvalue weighted by Gasteiger charge is -2.32. The minimum absolute atomic E-state index is 0.177. The van der Waals surface area contributed by atoms with Gasteiger partial charge in [0.2, 0.25) is 0 Å². The van der Waals surface area contributed by atoms with Crippen molar-refractivity contribution in [2.45, 2.75) is 12.5 Å². The Morgan fingerprint density at radius 3 is 2.89 bits per heavy atom.